The van der Waals surface area contributed by atoms with Crippen LogP contribution in [0, 0.1) is 0 Å². The van der Waals surface area contributed by atoms with E-state index in [1.165, 1.54) is 12.3 Å². The third-order valence-corrected chi connectivity index (χ3v) is 1.88. The van der Waals surface area contributed by atoms with Crippen molar-refractivity contribution < 1.29 is 8.78 Å². The van der Waals surface area contributed by atoms with E-state index in [0.717, 1.165) is 0 Å². The molecule has 0 fully saturated rings. The zero-order valence-corrected chi connectivity index (χ0v) is 7.53. The molecule has 5 heteroatoms. The quantitative estimate of drug-likeness (QED) is 0.735. The van der Waals surface area contributed by atoms with Crippen LogP contribution in [0.3, 0.4) is 0 Å². The first-order valence-corrected chi connectivity index (χ1v) is 3.87. The largest absolute Gasteiger partial charge is 0.281 e. The number of nitrogens with zero attached hydrogens (tertiary/aromatic N) is 1. The summed E-state index contributed by atoms with van der Waals surface area (Å²) in [6.07, 6.45) is -1.38. The predicted octanol–water partition coefficient (Wildman–Crippen LogP) is 3.44. The lowest BCUT2D eigenvalue weighted by Crippen LogP contribution is -1.90. The summed E-state index contributed by atoms with van der Waals surface area (Å²) in [7, 11) is 0. The number of pyridine rings is 1. The molecule has 60 valence electrons. The van der Waals surface area contributed by atoms with E-state index in [9.17, 15) is 8.78 Å². The fraction of sp³-hybridized carbons (Fsp3) is 0.167. The number of hydrogen-bond donors (Lipinski definition) is 0. The van der Waals surface area contributed by atoms with Gasteiger partial charge in [0.15, 0.2) is 0 Å². The molecule has 1 heterocycles. The second-order valence-electron chi connectivity index (χ2n) is 1.82. The van der Waals surface area contributed by atoms with Gasteiger partial charge in [0.25, 0.3) is 6.43 Å². The van der Waals surface area contributed by atoms with E-state index in [1.807, 2.05) is 0 Å². The summed E-state index contributed by atoms with van der Waals surface area (Å²) >= 11 is 8.40. The normalized spacial score (nSPS) is 10.6. The van der Waals surface area contributed by atoms with Crippen LogP contribution in [0.1, 0.15) is 12.1 Å². The lowest BCUT2D eigenvalue weighted by Gasteiger charge is -2.00. The van der Waals surface area contributed by atoms with Crippen molar-refractivity contribution in [2.24, 2.45) is 0 Å². The average Bonchev–Trinajstić information content (AvgIpc) is 1.85. The van der Waals surface area contributed by atoms with Crippen LogP contribution in [-0.2, 0) is 0 Å². The Hall–Kier alpha value is -0.220. The minimum Gasteiger partial charge on any atom is -0.253 e. The smallest absolute Gasteiger partial charge is 0.253 e. The van der Waals surface area contributed by atoms with Gasteiger partial charge in [-0.3, -0.25) is 4.98 Å². The van der Waals surface area contributed by atoms with E-state index >= 15 is 0 Å². The molecule has 1 nitrogen and oxygen atoms in total. The SMILES string of the molecule is FC(F)c1ncc(Cl)cc1Br. The van der Waals surface area contributed by atoms with Crippen LogP contribution < -0.4 is 0 Å². The standard InChI is InChI=1S/C6H3BrClF2N/c7-4-1-3(8)2-11-5(4)6(9)10/h1-2,6H. The molecule has 1 aromatic heterocycles. The van der Waals surface area contributed by atoms with Crippen molar-refractivity contribution in [3.8, 4) is 0 Å². The van der Waals surface area contributed by atoms with Gasteiger partial charge in [0.2, 0.25) is 0 Å². The molecular weight excluding hydrogens is 239 g/mol. The molecule has 0 aliphatic rings. The average molecular weight is 242 g/mol. The molecule has 0 N–H and O–H groups in total. The first kappa shape index (κ1) is 8.87. The third-order valence-electron chi connectivity index (χ3n) is 1.04. The van der Waals surface area contributed by atoms with Gasteiger partial charge in [-0.2, -0.15) is 0 Å². The van der Waals surface area contributed by atoms with Gasteiger partial charge in [-0.1, -0.05) is 11.6 Å². The highest BCUT2D eigenvalue weighted by Crippen LogP contribution is 2.26. The Morgan fingerprint density at radius 3 is 2.64 bits per heavy atom. The Morgan fingerprint density at radius 2 is 2.18 bits per heavy atom. The van der Waals surface area contributed by atoms with Crippen molar-refractivity contribution in [3.05, 3.63) is 27.5 Å². The van der Waals surface area contributed by atoms with Gasteiger partial charge in [0, 0.05) is 10.7 Å². The lowest BCUT2D eigenvalue weighted by molar-refractivity contribution is 0.145. The zero-order valence-electron chi connectivity index (χ0n) is 5.19. The Kier molecular flexibility index (Phi) is 2.78. The van der Waals surface area contributed by atoms with Gasteiger partial charge in [-0.25, -0.2) is 8.78 Å². The van der Waals surface area contributed by atoms with E-state index in [4.69, 9.17) is 11.6 Å². The Bertz CT molecular complexity index is 267. The van der Waals surface area contributed by atoms with Gasteiger partial charge in [-0.15, -0.1) is 0 Å². The first-order valence-electron chi connectivity index (χ1n) is 2.70. The molecule has 0 unspecified atom stereocenters. The van der Waals surface area contributed by atoms with Crippen LogP contribution in [0.2, 0.25) is 5.02 Å². The molecule has 0 aromatic carbocycles. The van der Waals surface area contributed by atoms with E-state index in [1.54, 1.807) is 0 Å². The van der Waals surface area contributed by atoms with Crippen LogP contribution in [0.25, 0.3) is 0 Å². The summed E-state index contributed by atoms with van der Waals surface area (Å²) in [6.45, 7) is 0. The third kappa shape index (κ3) is 2.10. The predicted molar refractivity (Wildman–Crippen MR) is 41.9 cm³/mol. The molecule has 0 atom stereocenters. The van der Waals surface area contributed by atoms with Crippen molar-refractivity contribution in [1.82, 2.24) is 4.98 Å². The molecule has 11 heavy (non-hydrogen) atoms. The van der Waals surface area contributed by atoms with Crippen LogP contribution in [0.15, 0.2) is 16.7 Å². The van der Waals surface area contributed by atoms with Gasteiger partial charge < -0.3 is 0 Å². The maximum absolute atomic E-state index is 12.0. The fourth-order valence-electron chi connectivity index (χ4n) is 0.586. The molecule has 0 aliphatic carbocycles. The zero-order chi connectivity index (χ0) is 8.43. The molecule has 0 saturated carbocycles. The van der Waals surface area contributed by atoms with Gasteiger partial charge in [0.1, 0.15) is 5.69 Å². The lowest BCUT2D eigenvalue weighted by atomic mass is 10.4. The highest BCUT2D eigenvalue weighted by Gasteiger charge is 2.12. The highest BCUT2D eigenvalue weighted by molar-refractivity contribution is 9.10. The monoisotopic (exact) mass is 241 g/mol. The highest BCUT2D eigenvalue weighted by atomic mass is 79.9. The Labute approximate surface area is 75.5 Å². The first-order chi connectivity index (χ1) is 5.11. The van der Waals surface area contributed by atoms with E-state index < -0.39 is 6.43 Å². The second kappa shape index (κ2) is 3.45. The number of aromatic nitrogens is 1. The van der Waals surface area contributed by atoms with E-state index in [0.29, 0.717) is 5.02 Å². The molecule has 0 bridgehead atoms. The molecule has 0 radical (unpaired) electrons. The molecule has 0 saturated heterocycles. The van der Waals surface area contributed by atoms with Crippen LogP contribution in [0.5, 0.6) is 0 Å². The van der Waals surface area contributed by atoms with Gasteiger partial charge >= 0.3 is 0 Å². The molecule has 0 spiro atoms. The van der Waals surface area contributed by atoms with Crippen molar-refractivity contribution in [3.63, 3.8) is 0 Å². The molecule has 1 rings (SSSR count). The summed E-state index contributed by atoms with van der Waals surface area (Å²) in [6, 6.07) is 1.38. The number of hydrogen-bond acceptors (Lipinski definition) is 1. The maximum Gasteiger partial charge on any atom is 0.281 e. The minimum atomic E-state index is -2.57. The summed E-state index contributed by atoms with van der Waals surface area (Å²) in [5.41, 5.74) is -0.283. The summed E-state index contributed by atoms with van der Waals surface area (Å²) in [5, 5.41) is 0.335. The minimum absolute atomic E-state index is 0.236. The van der Waals surface area contributed by atoms with Crippen molar-refractivity contribution in [2.45, 2.75) is 6.43 Å². The van der Waals surface area contributed by atoms with Gasteiger partial charge in [-0.05, 0) is 22.0 Å². The summed E-state index contributed by atoms with van der Waals surface area (Å²) in [5.74, 6) is 0. The Balaban J connectivity index is 3.09. The van der Waals surface area contributed by atoms with Crippen LogP contribution in [0.4, 0.5) is 8.78 Å². The van der Waals surface area contributed by atoms with E-state index in [-0.39, 0.29) is 10.2 Å². The van der Waals surface area contributed by atoms with Crippen molar-refractivity contribution in [1.29, 1.82) is 0 Å². The number of alkyl halides is 2. The molecule has 0 aliphatic heterocycles. The van der Waals surface area contributed by atoms with Crippen LogP contribution in [-0.4, -0.2) is 4.98 Å². The summed E-state index contributed by atoms with van der Waals surface area (Å²) in [4.78, 5) is 3.45. The molecular formula is C6H3BrClF2N. The number of halogens is 4. The molecule has 1 aromatic rings. The van der Waals surface area contributed by atoms with Crippen molar-refractivity contribution >= 4 is 27.5 Å². The van der Waals surface area contributed by atoms with Crippen LogP contribution >= 0.6 is 27.5 Å². The topological polar surface area (TPSA) is 12.9 Å². The summed E-state index contributed by atoms with van der Waals surface area (Å²) < 4.78 is 24.3. The fourth-order valence-corrected chi connectivity index (χ4v) is 1.40. The van der Waals surface area contributed by atoms with Gasteiger partial charge in [0.05, 0.1) is 5.02 Å². The van der Waals surface area contributed by atoms with Crippen molar-refractivity contribution in [2.75, 3.05) is 0 Å². The van der Waals surface area contributed by atoms with E-state index in [2.05, 4.69) is 20.9 Å². The Morgan fingerprint density at radius 1 is 1.55 bits per heavy atom. The number of rotatable bonds is 1. The second-order valence-corrected chi connectivity index (χ2v) is 3.11. The maximum atomic E-state index is 12.0. The molecule has 0 amide bonds.